The summed E-state index contributed by atoms with van der Waals surface area (Å²) in [7, 11) is 1.27. The van der Waals surface area contributed by atoms with Crippen LogP contribution in [0.2, 0.25) is 0 Å². The number of nitrogens with one attached hydrogen (secondary N) is 1. The second-order valence-corrected chi connectivity index (χ2v) is 2.92. The number of piperidine rings is 1. The molecule has 1 saturated heterocycles. The highest BCUT2D eigenvalue weighted by molar-refractivity contribution is 6.02. The first-order valence-electron chi connectivity index (χ1n) is 3.99. The Hall–Kier alpha value is -1.39. The van der Waals surface area contributed by atoms with E-state index in [1.165, 1.54) is 7.11 Å². The van der Waals surface area contributed by atoms with Gasteiger partial charge in [0.15, 0.2) is 0 Å². The zero-order valence-corrected chi connectivity index (χ0v) is 7.33. The molecule has 1 amide bonds. The van der Waals surface area contributed by atoms with Crippen LogP contribution in [0.15, 0.2) is 0 Å². The fourth-order valence-corrected chi connectivity index (χ4v) is 1.19. The van der Waals surface area contributed by atoms with Gasteiger partial charge in [-0.15, -0.1) is 0 Å². The fraction of sp³-hybridized carbons (Fsp3) is 0.625. The smallest absolute Gasteiger partial charge is 0.306 e. The van der Waals surface area contributed by atoms with Crippen LogP contribution in [-0.2, 0) is 19.1 Å². The molecule has 1 aliphatic heterocycles. The molecule has 1 fully saturated rings. The quantitative estimate of drug-likeness (QED) is 0.454. The number of Topliss-reactive ketones (excluding diaryl/α,β-unsaturated/α-hetero) is 1. The number of ether oxygens (including phenoxy) is 1. The number of amides is 1. The van der Waals surface area contributed by atoms with Crippen molar-refractivity contribution in [2.45, 2.75) is 12.8 Å². The molecular formula is C8H11NO4. The van der Waals surface area contributed by atoms with Crippen LogP contribution in [0.5, 0.6) is 0 Å². The highest BCUT2D eigenvalue weighted by Crippen LogP contribution is 2.11. The van der Waals surface area contributed by atoms with Gasteiger partial charge in [0, 0.05) is 12.5 Å². The van der Waals surface area contributed by atoms with E-state index in [0.29, 0.717) is 0 Å². The lowest BCUT2D eigenvalue weighted by Gasteiger charge is -2.19. The molecule has 0 aromatic heterocycles. The van der Waals surface area contributed by atoms with Gasteiger partial charge in [-0.3, -0.25) is 14.4 Å². The van der Waals surface area contributed by atoms with E-state index in [1.54, 1.807) is 0 Å². The molecule has 72 valence electrons. The molecule has 0 spiro atoms. The Balaban J connectivity index is 2.47. The van der Waals surface area contributed by atoms with Crippen molar-refractivity contribution >= 4 is 17.7 Å². The zero-order valence-electron chi connectivity index (χ0n) is 7.33. The molecule has 0 aromatic rings. The molecule has 1 N–H and O–H groups in total. The van der Waals surface area contributed by atoms with Crippen molar-refractivity contribution in [1.82, 2.24) is 5.32 Å². The van der Waals surface area contributed by atoms with Crippen molar-refractivity contribution in [1.29, 1.82) is 0 Å². The molecule has 0 radical (unpaired) electrons. The van der Waals surface area contributed by atoms with E-state index in [1.807, 2.05) is 0 Å². The molecule has 1 rings (SSSR count). The van der Waals surface area contributed by atoms with Crippen molar-refractivity contribution < 1.29 is 19.1 Å². The number of rotatable bonds is 2. The van der Waals surface area contributed by atoms with Gasteiger partial charge in [0.25, 0.3) is 0 Å². The Morgan fingerprint density at radius 3 is 2.85 bits per heavy atom. The van der Waals surface area contributed by atoms with Crippen LogP contribution in [0.3, 0.4) is 0 Å². The summed E-state index contributed by atoms with van der Waals surface area (Å²) in [4.78, 5) is 32.7. The van der Waals surface area contributed by atoms with Gasteiger partial charge >= 0.3 is 5.97 Å². The topological polar surface area (TPSA) is 72.5 Å². The van der Waals surface area contributed by atoms with E-state index in [2.05, 4.69) is 10.1 Å². The first kappa shape index (κ1) is 9.70. The number of methoxy groups -OCH3 is 1. The van der Waals surface area contributed by atoms with E-state index in [0.717, 1.165) is 0 Å². The van der Waals surface area contributed by atoms with Crippen LogP contribution in [0.1, 0.15) is 12.8 Å². The third kappa shape index (κ3) is 2.54. The molecule has 0 aromatic carbocycles. The third-order valence-electron chi connectivity index (χ3n) is 1.98. The van der Waals surface area contributed by atoms with Crippen molar-refractivity contribution in [3.63, 3.8) is 0 Å². The number of ketones is 1. The van der Waals surface area contributed by atoms with Crippen LogP contribution in [0.4, 0.5) is 0 Å². The molecule has 5 nitrogen and oxygen atoms in total. The molecule has 0 saturated carbocycles. The van der Waals surface area contributed by atoms with Gasteiger partial charge in [-0.1, -0.05) is 0 Å². The summed E-state index contributed by atoms with van der Waals surface area (Å²) >= 11 is 0. The van der Waals surface area contributed by atoms with E-state index in [4.69, 9.17) is 0 Å². The van der Waals surface area contributed by atoms with Gasteiger partial charge < -0.3 is 10.1 Å². The number of hydrogen-bond donors (Lipinski definition) is 1. The number of carbonyl (C=O) groups excluding carboxylic acids is 3. The monoisotopic (exact) mass is 185 g/mol. The summed E-state index contributed by atoms with van der Waals surface area (Å²) in [6, 6.07) is 0. The summed E-state index contributed by atoms with van der Waals surface area (Å²) in [5, 5.41) is 2.52. The summed E-state index contributed by atoms with van der Waals surface area (Å²) < 4.78 is 4.42. The molecular weight excluding hydrogens is 174 g/mol. The molecule has 5 heteroatoms. The van der Waals surface area contributed by atoms with Crippen LogP contribution < -0.4 is 5.32 Å². The molecule has 1 unspecified atom stereocenters. The van der Waals surface area contributed by atoms with E-state index >= 15 is 0 Å². The van der Waals surface area contributed by atoms with Crippen LogP contribution in [0, 0.1) is 5.92 Å². The van der Waals surface area contributed by atoms with Gasteiger partial charge in [-0.25, -0.2) is 0 Å². The first-order chi connectivity index (χ1) is 6.13. The zero-order chi connectivity index (χ0) is 9.84. The maximum absolute atomic E-state index is 11.2. The lowest BCUT2D eigenvalue weighted by molar-refractivity contribution is -0.145. The Labute approximate surface area is 75.4 Å². The SMILES string of the molecule is COC(=O)CC1CNC(=O)CC1=O. The summed E-state index contributed by atoms with van der Waals surface area (Å²) in [5.74, 6) is -1.29. The highest BCUT2D eigenvalue weighted by atomic mass is 16.5. The average molecular weight is 185 g/mol. The standard InChI is InChI=1S/C8H11NO4/c1-13-8(12)2-5-4-9-7(11)3-6(5)10/h5H,2-4H2,1H3,(H,9,11). The summed E-state index contributed by atoms with van der Waals surface area (Å²) in [6.07, 6.45) is -0.0721. The second kappa shape index (κ2) is 4.02. The molecule has 1 aliphatic rings. The van der Waals surface area contributed by atoms with Crippen molar-refractivity contribution in [2.24, 2.45) is 5.92 Å². The highest BCUT2D eigenvalue weighted by Gasteiger charge is 2.28. The minimum Gasteiger partial charge on any atom is -0.469 e. The molecule has 1 heterocycles. The van der Waals surface area contributed by atoms with Gasteiger partial charge in [-0.05, 0) is 0 Å². The number of esters is 1. The predicted octanol–water partition coefficient (Wildman–Crippen LogP) is -0.745. The molecule has 0 bridgehead atoms. The van der Waals surface area contributed by atoms with Gasteiger partial charge in [0.05, 0.1) is 20.0 Å². The molecule has 13 heavy (non-hydrogen) atoms. The normalized spacial score (nSPS) is 22.4. The van der Waals surface area contributed by atoms with Crippen molar-refractivity contribution in [2.75, 3.05) is 13.7 Å². The Morgan fingerprint density at radius 1 is 1.62 bits per heavy atom. The number of hydrogen-bond acceptors (Lipinski definition) is 4. The van der Waals surface area contributed by atoms with Crippen LogP contribution in [-0.4, -0.2) is 31.3 Å². The van der Waals surface area contributed by atoms with E-state index in [-0.39, 0.29) is 31.1 Å². The van der Waals surface area contributed by atoms with Gasteiger partial charge in [-0.2, -0.15) is 0 Å². The Bertz CT molecular complexity index is 249. The summed E-state index contributed by atoms with van der Waals surface area (Å²) in [6.45, 7) is 0.243. The minimum atomic E-state index is -0.422. The van der Waals surface area contributed by atoms with E-state index < -0.39 is 11.9 Å². The van der Waals surface area contributed by atoms with Crippen LogP contribution >= 0.6 is 0 Å². The van der Waals surface area contributed by atoms with Crippen LogP contribution in [0.25, 0.3) is 0 Å². The van der Waals surface area contributed by atoms with Crippen molar-refractivity contribution in [3.8, 4) is 0 Å². The number of carbonyl (C=O) groups is 3. The fourth-order valence-electron chi connectivity index (χ4n) is 1.19. The Morgan fingerprint density at radius 2 is 2.31 bits per heavy atom. The predicted molar refractivity (Wildman–Crippen MR) is 42.8 cm³/mol. The summed E-state index contributed by atoms with van der Waals surface area (Å²) in [5.41, 5.74) is 0. The largest absolute Gasteiger partial charge is 0.469 e. The lowest BCUT2D eigenvalue weighted by Crippen LogP contribution is -2.41. The molecule has 1 atom stereocenters. The Kier molecular flexibility index (Phi) is 3.00. The maximum Gasteiger partial charge on any atom is 0.306 e. The minimum absolute atomic E-state index is 0.0512. The van der Waals surface area contributed by atoms with E-state index in [9.17, 15) is 14.4 Å². The maximum atomic E-state index is 11.2. The lowest BCUT2D eigenvalue weighted by atomic mass is 9.94. The van der Waals surface area contributed by atoms with Crippen molar-refractivity contribution in [3.05, 3.63) is 0 Å². The van der Waals surface area contributed by atoms with Gasteiger partial charge in [0.2, 0.25) is 5.91 Å². The van der Waals surface area contributed by atoms with Gasteiger partial charge in [0.1, 0.15) is 5.78 Å². The average Bonchev–Trinajstić information content (AvgIpc) is 2.09. The third-order valence-corrected chi connectivity index (χ3v) is 1.98. The molecule has 0 aliphatic carbocycles. The second-order valence-electron chi connectivity index (χ2n) is 2.92. The first-order valence-corrected chi connectivity index (χ1v) is 3.99.